The first-order valence-corrected chi connectivity index (χ1v) is 6.71. The zero-order chi connectivity index (χ0) is 14.0. The second-order valence-corrected chi connectivity index (χ2v) is 5.41. The Morgan fingerprint density at radius 1 is 1.21 bits per heavy atom. The molecule has 0 radical (unpaired) electrons. The number of pyridine rings is 1. The summed E-state index contributed by atoms with van der Waals surface area (Å²) >= 11 is 6.09. The smallest absolute Gasteiger partial charge is 0.0836 e. The molecule has 1 N–H and O–H groups in total. The van der Waals surface area contributed by atoms with E-state index in [1.807, 2.05) is 19.9 Å². The fourth-order valence-electron chi connectivity index (χ4n) is 2.60. The number of hydrogen-bond donors (Lipinski definition) is 1. The van der Waals surface area contributed by atoms with Crippen LogP contribution in [-0.2, 0) is 6.42 Å². The van der Waals surface area contributed by atoms with Crippen molar-refractivity contribution in [1.82, 2.24) is 4.98 Å². The van der Waals surface area contributed by atoms with Gasteiger partial charge in [-0.3, -0.25) is 4.98 Å². The molecule has 2 aromatic rings. The first-order chi connectivity index (χ1) is 8.99. The first kappa shape index (κ1) is 14.0. The van der Waals surface area contributed by atoms with Crippen LogP contribution in [0.5, 0.6) is 0 Å². The van der Waals surface area contributed by atoms with Crippen molar-refractivity contribution in [3.8, 4) is 0 Å². The predicted octanol–water partition coefficient (Wildman–Crippen LogP) is 3.94. The molecule has 0 bridgehead atoms. The van der Waals surface area contributed by atoms with Gasteiger partial charge in [0.25, 0.3) is 0 Å². The maximum Gasteiger partial charge on any atom is 0.0836 e. The monoisotopic (exact) mass is 275 g/mol. The van der Waals surface area contributed by atoms with E-state index in [0.717, 1.165) is 22.3 Å². The van der Waals surface area contributed by atoms with Gasteiger partial charge in [0.05, 0.1) is 11.1 Å². The van der Waals surface area contributed by atoms with Crippen molar-refractivity contribution in [2.24, 2.45) is 0 Å². The van der Waals surface area contributed by atoms with Crippen LogP contribution in [0.3, 0.4) is 0 Å². The highest BCUT2D eigenvalue weighted by atomic mass is 35.5. The highest BCUT2D eigenvalue weighted by molar-refractivity contribution is 6.31. The Morgan fingerprint density at radius 3 is 2.42 bits per heavy atom. The Labute approximate surface area is 119 Å². The van der Waals surface area contributed by atoms with E-state index in [1.165, 1.54) is 5.56 Å². The molecule has 1 aromatic carbocycles. The van der Waals surface area contributed by atoms with Gasteiger partial charge in [-0.15, -0.1) is 0 Å². The van der Waals surface area contributed by atoms with Crippen LogP contribution < -0.4 is 0 Å². The number of aliphatic hydroxyl groups is 1. The van der Waals surface area contributed by atoms with E-state index < -0.39 is 6.10 Å². The molecule has 0 aliphatic heterocycles. The second kappa shape index (κ2) is 5.72. The van der Waals surface area contributed by atoms with Crippen LogP contribution in [0.2, 0.25) is 5.02 Å². The standard InChI is InChI=1S/C16H18ClNO/c1-10-6-11(2)16(12(3)7-10)15(19)8-13-4-5-18-9-14(13)17/h4-7,9,15,19H,8H2,1-3H3. The van der Waals surface area contributed by atoms with Gasteiger partial charge in [-0.05, 0) is 49.1 Å². The van der Waals surface area contributed by atoms with Gasteiger partial charge in [0.2, 0.25) is 0 Å². The first-order valence-electron chi connectivity index (χ1n) is 6.33. The van der Waals surface area contributed by atoms with Crippen molar-refractivity contribution < 1.29 is 5.11 Å². The molecule has 1 unspecified atom stereocenters. The van der Waals surface area contributed by atoms with Crippen LogP contribution in [0.4, 0.5) is 0 Å². The average molecular weight is 276 g/mol. The number of aliphatic hydroxyl groups excluding tert-OH is 1. The summed E-state index contributed by atoms with van der Waals surface area (Å²) in [7, 11) is 0. The lowest BCUT2D eigenvalue weighted by molar-refractivity contribution is 0.177. The second-order valence-electron chi connectivity index (χ2n) is 5.00. The normalized spacial score (nSPS) is 12.5. The van der Waals surface area contributed by atoms with Crippen LogP contribution in [0.15, 0.2) is 30.6 Å². The van der Waals surface area contributed by atoms with Crippen LogP contribution in [-0.4, -0.2) is 10.1 Å². The molecule has 0 aliphatic rings. The van der Waals surface area contributed by atoms with Crippen molar-refractivity contribution >= 4 is 11.6 Å². The third kappa shape index (κ3) is 3.14. The maximum absolute atomic E-state index is 10.5. The van der Waals surface area contributed by atoms with E-state index in [2.05, 4.69) is 24.0 Å². The molecule has 1 aromatic heterocycles. The SMILES string of the molecule is Cc1cc(C)c(C(O)Cc2ccncc2Cl)c(C)c1. The highest BCUT2D eigenvalue weighted by Crippen LogP contribution is 2.28. The van der Waals surface area contributed by atoms with Crippen molar-refractivity contribution in [3.63, 3.8) is 0 Å². The number of hydrogen-bond acceptors (Lipinski definition) is 2. The van der Waals surface area contributed by atoms with Gasteiger partial charge < -0.3 is 5.11 Å². The molecular formula is C16H18ClNO. The van der Waals surface area contributed by atoms with Gasteiger partial charge in [-0.1, -0.05) is 29.3 Å². The summed E-state index contributed by atoms with van der Waals surface area (Å²) in [6, 6.07) is 6.05. The van der Waals surface area contributed by atoms with Crippen molar-refractivity contribution in [1.29, 1.82) is 0 Å². The molecule has 0 saturated carbocycles. The molecule has 0 spiro atoms. The van der Waals surface area contributed by atoms with E-state index in [4.69, 9.17) is 11.6 Å². The number of halogens is 1. The van der Waals surface area contributed by atoms with Gasteiger partial charge in [0.1, 0.15) is 0 Å². The third-order valence-corrected chi connectivity index (χ3v) is 3.68. The minimum absolute atomic E-state index is 0.506. The molecule has 19 heavy (non-hydrogen) atoms. The zero-order valence-electron chi connectivity index (χ0n) is 11.4. The fourth-order valence-corrected chi connectivity index (χ4v) is 2.79. The Bertz CT molecular complexity index is 572. The van der Waals surface area contributed by atoms with Crippen LogP contribution in [0.1, 0.15) is 33.9 Å². The number of rotatable bonds is 3. The topological polar surface area (TPSA) is 33.1 Å². The molecular weight excluding hydrogens is 258 g/mol. The Balaban J connectivity index is 2.31. The number of nitrogens with zero attached hydrogens (tertiary/aromatic N) is 1. The number of benzene rings is 1. The summed E-state index contributed by atoms with van der Waals surface area (Å²) in [5.41, 5.74) is 5.38. The van der Waals surface area contributed by atoms with Gasteiger partial charge in [0, 0.05) is 18.8 Å². The Hall–Kier alpha value is -1.38. The van der Waals surface area contributed by atoms with E-state index in [9.17, 15) is 5.11 Å². The van der Waals surface area contributed by atoms with Crippen LogP contribution in [0.25, 0.3) is 0 Å². The summed E-state index contributed by atoms with van der Waals surface area (Å²) in [6.45, 7) is 6.13. The van der Waals surface area contributed by atoms with Crippen molar-refractivity contribution in [2.75, 3.05) is 0 Å². The van der Waals surface area contributed by atoms with Gasteiger partial charge in [-0.2, -0.15) is 0 Å². The summed E-state index contributed by atoms with van der Waals surface area (Å²) < 4.78 is 0. The molecule has 0 saturated heterocycles. The lowest BCUT2D eigenvalue weighted by Crippen LogP contribution is -2.07. The summed E-state index contributed by atoms with van der Waals surface area (Å²) in [4.78, 5) is 3.96. The predicted molar refractivity (Wildman–Crippen MR) is 78.6 cm³/mol. The van der Waals surface area contributed by atoms with Crippen LogP contribution >= 0.6 is 11.6 Å². The average Bonchev–Trinajstić information content (AvgIpc) is 2.30. The lowest BCUT2D eigenvalue weighted by atomic mass is 9.92. The number of aryl methyl sites for hydroxylation is 3. The molecule has 0 aliphatic carbocycles. The van der Waals surface area contributed by atoms with E-state index in [1.54, 1.807) is 12.4 Å². The molecule has 3 heteroatoms. The largest absolute Gasteiger partial charge is 0.388 e. The molecule has 100 valence electrons. The Kier molecular flexibility index (Phi) is 4.23. The molecule has 1 heterocycles. The van der Waals surface area contributed by atoms with Gasteiger partial charge in [-0.25, -0.2) is 0 Å². The minimum Gasteiger partial charge on any atom is -0.388 e. The Morgan fingerprint density at radius 2 is 1.84 bits per heavy atom. The molecule has 2 rings (SSSR count). The molecule has 0 amide bonds. The minimum atomic E-state index is -0.541. The van der Waals surface area contributed by atoms with Gasteiger partial charge in [0.15, 0.2) is 0 Å². The van der Waals surface area contributed by atoms with Crippen molar-refractivity contribution in [2.45, 2.75) is 33.3 Å². The zero-order valence-corrected chi connectivity index (χ0v) is 12.2. The van der Waals surface area contributed by atoms with Gasteiger partial charge >= 0.3 is 0 Å². The summed E-state index contributed by atoms with van der Waals surface area (Å²) in [5.74, 6) is 0. The maximum atomic E-state index is 10.5. The van der Waals surface area contributed by atoms with E-state index >= 15 is 0 Å². The summed E-state index contributed by atoms with van der Waals surface area (Å²) in [5, 5.41) is 11.1. The fraction of sp³-hybridized carbons (Fsp3) is 0.312. The van der Waals surface area contributed by atoms with E-state index in [-0.39, 0.29) is 0 Å². The number of aromatic nitrogens is 1. The van der Waals surface area contributed by atoms with Crippen LogP contribution in [0, 0.1) is 20.8 Å². The summed E-state index contributed by atoms with van der Waals surface area (Å²) in [6.07, 6.45) is 3.27. The third-order valence-electron chi connectivity index (χ3n) is 3.34. The molecule has 1 atom stereocenters. The quantitative estimate of drug-likeness (QED) is 0.920. The van der Waals surface area contributed by atoms with Crippen molar-refractivity contribution in [3.05, 3.63) is 63.4 Å². The van der Waals surface area contributed by atoms with E-state index in [0.29, 0.717) is 11.4 Å². The molecule has 2 nitrogen and oxygen atoms in total. The lowest BCUT2D eigenvalue weighted by Gasteiger charge is -2.18. The highest BCUT2D eigenvalue weighted by Gasteiger charge is 2.15. The molecule has 0 fully saturated rings.